The second kappa shape index (κ2) is 4.23. The van der Waals surface area contributed by atoms with Crippen LogP contribution in [-0.2, 0) is 10.0 Å². The molecule has 0 amide bonds. The molecular formula is C11H13N3O3S. The van der Waals surface area contributed by atoms with Crippen LogP contribution < -0.4 is 4.74 Å². The predicted octanol–water partition coefficient (Wildman–Crippen LogP) is 0.624. The minimum atomic E-state index is -3.58. The molecule has 6 nitrogen and oxygen atoms in total. The van der Waals surface area contributed by atoms with Gasteiger partial charge in [-0.3, -0.25) is 4.98 Å². The highest BCUT2D eigenvalue weighted by atomic mass is 32.2. The van der Waals surface area contributed by atoms with Crippen molar-refractivity contribution in [1.82, 2.24) is 9.29 Å². The first-order chi connectivity index (χ1) is 8.41. The van der Waals surface area contributed by atoms with Crippen LogP contribution in [0.3, 0.4) is 0 Å². The lowest BCUT2D eigenvalue weighted by molar-refractivity contribution is 0.149. The summed E-state index contributed by atoms with van der Waals surface area (Å²) in [6.45, 7) is 2.16. The highest BCUT2D eigenvalue weighted by Crippen LogP contribution is 2.34. The molecule has 2 heterocycles. The Bertz CT molecular complexity index is 600. The Morgan fingerprint density at radius 2 is 2.17 bits per heavy atom. The molecular weight excluding hydrogens is 254 g/mol. The lowest BCUT2D eigenvalue weighted by atomic mass is 9.86. The van der Waals surface area contributed by atoms with Crippen molar-refractivity contribution in [2.45, 2.75) is 11.8 Å². The highest BCUT2D eigenvalue weighted by Gasteiger charge is 2.45. The van der Waals surface area contributed by atoms with Crippen LogP contribution in [-0.4, -0.2) is 37.9 Å². The van der Waals surface area contributed by atoms with Crippen LogP contribution >= 0.6 is 0 Å². The molecule has 0 N–H and O–H groups in total. The Morgan fingerprint density at radius 1 is 1.50 bits per heavy atom. The molecule has 1 fully saturated rings. The third kappa shape index (κ3) is 2.05. The predicted molar refractivity (Wildman–Crippen MR) is 63.3 cm³/mol. The van der Waals surface area contributed by atoms with Crippen molar-refractivity contribution in [3.8, 4) is 11.8 Å². The Morgan fingerprint density at radius 3 is 2.72 bits per heavy atom. The number of rotatable bonds is 3. The van der Waals surface area contributed by atoms with Crippen molar-refractivity contribution in [3.63, 3.8) is 0 Å². The maximum absolute atomic E-state index is 12.2. The summed E-state index contributed by atoms with van der Waals surface area (Å²) < 4.78 is 30.6. The summed E-state index contributed by atoms with van der Waals surface area (Å²) in [7, 11) is -2.13. The fraction of sp³-hybridized carbons (Fsp3) is 0.455. The van der Waals surface area contributed by atoms with Gasteiger partial charge in [0.2, 0.25) is 10.0 Å². The molecule has 0 saturated carbocycles. The van der Waals surface area contributed by atoms with E-state index in [2.05, 4.69) is 11.1 Å². The lowest BCUT2D eigenvalue weighted by Crippen LogP contribution is -2.56. The van der Waals surface area contributed by atoms with Crippen molar-refractivity contribution < 1.29 is 13.2 Å². The van der Waals surface area contributed by atoms with Gasteiger partial charge in [-0.15, -0.1) is 0 Å². The van der Waals surface area contributed by atoms with Gasteiger partial charge < -0.3 is 4.74 Å². The van der Waals surface area contributed by atoms with Crippen LogP contribution in [0.25, 0.3) is 0 Å². The largest absolute Gasteiger partial charge is 0.495 e. The zero-order chi connectivity index (χ0) is 13.4. The zero-order valence-electron chi connectivity index (χ0n) is 10.1. The Hall–Kier alpha value is -1.65. The van der Waals surface area contributed by atoms with E-state index in [-0.39, 0.29) is 18.0 Å². The topological polar surface area (TPSA) is 83.3 Å². The second-order valence-electron chi connectivity index (χ2n) is 4.51. The van der Waals surface area contributed by atoms with Crippen LogP contribution in [0.4, 0.5) is 0 Å². The van der Waals surface area contributed by atoms with Crippen molar-refractivity contribution in [1.29, 1.82) is 5.26 Å². The maximum atomic E-state index is 12.2. The molecule has 1 aliphatic heterocycles. The first kappa shape index (κ1) is 12.8. The molecule has 0 bridgehead atoms. The molecule has 1 aromatic heterocycles. The van der Waals surface area contributed by atoms with Crippen LogP contribution in [0, 0.1) is 16.7 Å². The van der Waals surface area contributed by atoms with Gasteiger partial charge in [0.25, 0.3) is 0 Å². The van der Waals surface area contributed by atoms with Gasteiger partial charge in [-0.2, -0.15) is 9.57 Å². The average Bonchev–Trinajstić information content (AvgIpc) is 2.35. The van der Waals surface area contributed by atoms with Gasteiger partial charge in [-0.1, -0.05) is 0 Å². The molecule has 1 aliphatic rings. The Labute approximate surface area is 106 Å². The highest BCUT2D eigenvalue weighted by molar-refractivity contribution is 7.89. The van der Waals surface area contributed by atoms with Crippen LogP contribution in [0.15, 0.2) is 23.4 Å². The molecule has 1 aromatic rings. The number of aromatic nitrogens is 1. The van der Waals surface area contributed by atoms with Crippen LogP contribution in [0.2, 0.25) is 0 Å². The zero-order valence-corrected chi connectivity index (χ0v) is 10.9. The number of pyridine rings is 1. The molecule has 96 valence electrons. The summed E-state index contributed by atoms with van der Waals surface area (Å²) >= 11 is 0. The molecule has 0 aromatic carbocycles. The fourth-order valence-corrected chi connectivity index (χ4v) is 3.44. The molecule has 0 radical (unpaired) electrons. The van der Waals surface area contributed by atoms with Crippen molar-refractivity contribution in [3.05, 3.63) is 18.5 Å². The first-order valence-corrected chi connectivity index (χ1v) is 6.76. The van der Waals surface area contributed by atoms with Gasteiger partial charge in [0, 0.05) is 25.4 Å². The van der Waals surface area contributed by atoms with Gasteiger partial charge in [0.1, 0.15) is 10.6 Å². The third-order valence-corrected chi connectivity index (χ3v) is 4.64. The molecule has 0 unspecified atom stereocenters. The minimum Gasteiger partial charge on any atom is -0.495 e. The normalized spacial score (nSPS) is 18.7. The van der Waals surface area contributed by atoms with Gasteiger partial charge in [0.05, 0.1) is 24.8 Å². The van der Waals surface area contributed by atoms with Gasteiger partial charge >= 0.3 is 0 Å². The summed E-state index contributed by atoms with van der Waals surface area (Å²) in [6, 6.07) is 3.53. The van der Waals surface area contributed by atoms with E-state index in [0.29, 0.717) is 5.75 Å². The molecule has 0 aliphatic carbocycles. The van der Waals surface area contributed by atoms with E-state index in [9.17, 15) is 8.42 Å². The van der Waals surface area contributed by atoms with Crippen molar-refractivity contribution in [2.75, 3.05) is 20.2 Å². The number of nitriles is 1. The number of hydrogen-bond acceptors (Lipinski definition) is 5. The second-order valence-corrected chi connectivity index (χ2v) is 6.44. The molecule has 0 spiro atoms. The number of sulfonamides is 1. The molecule has 1 saturated heterocycles. The van der Waals surface area contributed by atoms with E-state index >= 15 is 0 Å². The minimum absolute atomic E-state index is 0.0850. The van der Waals surface area contributed by atoms with E-state index < -0.39 is 15.4 Å². The molecule has 2 rings (SSSR count). The monoisotopic (exact) mass is 267 g/mol. The van der Waals surface area contributed by atoms with Gasteiger partial charge in [0.15, 0.2) is 0 Å². The summed E-state index contributed by atoms with van der Waals surface area (Å²) in [6.07, 6.45) is 2.72. The van der Waals surface area contributed by atoms with Crippen molar-refractivity contribution in [2.24, 2.45) is 5.41 Å². The summed E-state index contributed by atoms with van der Waals surface area (Å²) in [5, 5.41) is 8.88. The first-order valence-electron chi connectivity index (χ1n) is 5.32. The quantitative estimate of drug-likeness (QED) is 0.801. The Balaban J connectivity index is 2.25. The lowest BCUT2D eigenvalue weighted by Gasteiger charge is -2.41. The van der Waals surface area contributed by atoms with Gasteiger partial charge in [-0.05, 0) is 6.92 Å². The summed E-state index contributed by atoms with van der Waals surface area (Å²) in [4.78, 5) is 3.91. The van der Waals surface area contributed by atoms with E-state index in [1.54, 1.807) is 6.92 Å². The average molecular weight is 267 g/mol. The van der Waals surface area contributed by atoms with Crippen LogP contribution in [0.5, 0.6) is 5.75 Å². The van der Waals surface area contributed by atoms with E-state index in [0.717, 1.165) is 0 Å². The summed E-state index contributed by atoms with van der Waals surface area (Å²) in [5.41, 5.74) is -0.584. The van der Waals surface area contributed by atoms with Gasteiger partial charge in [-0.25, -0.2) is 8.42 Å². The Kier molecular flexibility index (Phi) is 3.00. The van der Waals surface area contributed by atoms with Crippen LogP contribution in [0.1, 0.15) is 6.92 Å². The van der Waals surface area contributed by atoms with E-state index in [1.165, 1.54) is 29.9 Å². The number of methoxy groups -OCH3 is 1. The molecule has 18 heavy (non-hydrogen) atoms. The fourth-order valence-electron chi connectivity index (χ4n) is 1.77. The van der Waals surface area contributed by atoms with E-state index in [4.69, 9.17) is 10.00 Å². The number of hydrogen-bond donors (Lipinski definition) is 0. The number of nitrogens with zero attached hydrogens (tertiary/aromatic N) is 3. The van der Waals surface area contributed by atoms with E-state index in [1.807, 2.05) is 0 Å². The number of ether oxygens (including phenoxy) is 1. The summed E-state index contributed by atoms with van der Waals surface area (Å²) in [5.74, 6) is 0.389. The molecule has 0 atom stereocenters. The standard InChI is InChI=1S/C11H13N3O3S/c1-11(6-12)7-14(8-11)18(15,16)10-3-9(17-2)4-13-5-10/h3-5H,7-8H2,1-2H3. The smallest absolute Gasteiger partial charge is 0.244 e. The SMILES string of the molecule is COc1cncc(S(=O)(=O)N2CC(C)(C#N)C2)c1. The molecule has 7 heteroatoms. The third-order valence-electron chi connectivity index (χ3n) is 2.88. The van der Waals surface area contributed by atoms with Crippen molar-refractivity contribution >= 4 is 10.0 Å². The maximum Gasteiger partial charge on any atom is 0.244 e.